The molecule has 0 heterocycles. The zero-order chi connectivity index (χ0) is 4.28. The van der Waals surface area contributed by atoms with E-state index in [-0.39, 0.29) is 76.8 Å². The first-order valence-corrected chi connectivity index (χ1v) is 1.88. The van der Waals surface area contributed by atoms with Crippen LogP contribution in [0.2, 0.25) is 0 Å². The largest absolute Gasteiger partial charge is 1.00 e. The van der Waals surface area contributed by atoms with Crippen LogP contribution in [-0.2, 0) is 25.8 Å². The molecule has 0 aliphatic rings. The predicted octanol–water partition coefficient (Wildman–Crippen LogP) is -8.36. The van der Waals surface area contributed by atoms with E-state index >= 15 is 0 Å². The fourth-order valence-electron chi connectivity index (χ4n) is 0. The quantitative estimate of drug-likeness (QED) is 0.361. The Morgan fingerprint density at radius 2 is 1.22 bits per heavy atom. The summed E-state index contributed by atoms with van der Waals surface area (Å²) in [7, 11) is 0. The number of aliphatic hydroxyl groups is 1. The number of rotatable bonds is 1. The van der Waals surface area contributed by atoms with Gasteiger partial charge in [-0.15, -0.1) is 0 Å². The maximum atomic E-state index is 8.14. The van der Waals surface area contributed by atoms with E-state index in [1.165, 1.54) is 0 Å². The first kappa shape index (κ1) is 30.2. The predicted molar refractivity (Wildman–Crippen MR) is 21.9 cm³/mol. The van der Waals surface area contributed by atoms with Gasteiger partial charge in [0.1, 0.15) is 0 Å². The average Bonchev–Trinajstić information content (AvgIpc) is 1.38. The number of hydrogen-bond acceptors (Lipinski definition) is 1. The van der Waals surface area contributed by atoms with E-state index in [1.54, 1.807) is 0 Å². The van der Waals surface area contributed by atoms with E-state index in [4.69, 9.17) is 5.11 Å². The Labute approximate surface area is 107 Å². The van der Waals surface area contributed by atoms with Gasteiger partial charge in [-0.05, 0) is 5.92 Å². The molecule has 9 heavy (non-hydrogen) atoms. The monoisotopic (exact) mass is 491 g/mol. The topological polar surface area (TPSA) is 20.2 Å². The second-order valence-electron chi connectivity index (χ2n) is 1.58. The Morgan fingerprint density at radius 3 is 1.22 bits per heavy atom. The molecule has 0 atom stereocenters. The third kappa shape index (κ3) is 38.5. The molecule has 0 saturated carbocycles. The molecule has 0 aliphatic heterocycles. The molecule has 0 fully saturated rings. The number of hydrogen-bond donors (Lipinski definition) is 1. The van der Waals surface area contributed by atoms with Gasteiger partial charge in [0, 0.05) is 32.5 Å². The van der Waals surface area contributed by atoms with E-state index in [0.29, 0.717) is 12.5 Å². The van der Waals surface area contributed by atoms with Gasteiger partial charge >= 0.3 is 0 Å². The second-order valence-corrected chi connectivity index (χ2v) is 1.58. The molecule has 0 aromatic rings. The van der Waals surface area contributed by atoms with Crippen LogP contribution in [0.4, 0.5) is 0 Å². The van der Waals surface area contributed by atoms with Gasteiger partial charge in [-0.1, -0.05) is 13.8 Å². The van der Waals surface area contributed by atoms with Crippen LogP contribution in [0.15, 0.2) is 0 Å². The molecule has 1 N–H and O–H groups in total. The summed E-state index contributed by atoms with van der Waals surface area (Å²) in [4.78, 5) is 0. The molecule has 5 heteroatoms. The molecule has 0 aromatic heterocycles. The Balaban J connectivity index is -0.0000000133. The smallest absolute Gasteiger partial charge is 0.0453 e. The van der Waals surface area contributed by atoms with Crippen molar-refractivity contribution in [2.75, 3.05) is 6.61 Å². The van der Waals surface area contributed by atoms with Gasteiger partial charge in [-0.25, -0.2) is 0 Å². The number of aliphatic hydroxyl groups excluding tert-OH is 1. The van der Waals surface area contributed by atoms with Crippen LogP contribution in [0.5, 0.6) is 0 Å². The van der Waals surface area contributed by atoms with E-state index in [9.17, 15) is 0 Å². The minimum absolute atomic E-state index is 0. The summed E-state index contributed by atoms with van der Waals surface area (Å²) in [5.41, 5.74) is 0. The minimum Gasteiger partial charge on any atom is -1.00 e. The molecule has 0 saturated heterocycles. The van der Waals surface area contributed by atoms with Crippen molar-refractivity contribution < 1.29 is 81.9 Å². The second kappa shape index (κ2) is 22.4. The molecule has 60 valence electrons. The first-order chi connectivity index (χ1) is 2.27. The summed E-state index contributed by atoms with van der Waals surface area (Å²) >= 11 is 0. The molecular weight excluding hydrogens is 482 g/mol. The van der Waals surface area contributed by atoms with Crippen LogP contribution in [-0.4, -0.2) is 11.7 Å². The molecule has 0 rings (SSSR count). The molecule has 0 radical (unpaired) electrons. The molecule has 1 nitrogen and oxygen atoms in total. The summed E-state index contributed by atoms with van der Waals surface area (Å²) in [6.45, 7) is 4.25. The van der Waals surface area contributed by atoms with Crippen LogP contribution >= 0.6 is 0 Å². The summed E-state index contributed by atoms with van der Waals surface area (Å²) in [5, 5.41) is 8.14. The maximum Gasteiger partial charge on any atom is 0.0453 e. The van der Waals surface area contributed by atoms with Gasteiger partial charge in [-0.3, -0.25) is 0 Å². The fraction of sp³-hybridized carbons (Fsp3) is 1.00. The average molecular weight is 492 g/mol. The minimum atomic E-state index is 0. The van der Waals surface area contributed by atoms with Crippen molar-refractivity contribution in [1.29, 1.82) is 0 Å². The summed E-state index contributed by atoms with van der Waals surface area (Å²) in [5.74, 6) is 0.440. The van der Waals surface area contributed by atoms with E-state index in [0.717, 1.165) is 0 Å². The molecule has 0 aliphatic carbocycles. The standard InChI is InChI=1S/C4H10O.3BrH.Hf/c1-4(2)3-5;;;;/h4-5H,3H2,1-2H3;3*1H;/p-3. The van der Waals surface area contributed by atoms with Crippen molar-refractivity contribution in [1.82, 2.24) is 0 Å². The molecule has 0 spiro atoms. The maximum absolute atomic E-state index is 8.14. The zero-order valence-electron chi connectivity index (χ0n) is 5.37. The van der Waals surface area contributed by atoms with Crippen LogP contribution in [0.1, 0.15) is 13.8 Å². The molecule has 0 unspecified atom stereocenters. The van der Waals surface area contributed by atoms with Crippen molar-refractivity contribution in [3.05, 3.63) is 0 Å². The molecule has 0 bridgehead atoms. The van der Waals surface area contributed by atoms with Gasteiger partial charge in [0.05, 0.1) is 0 Å². The van der Waals surface area contributed by atoms with Crippen molar-refractivity contribution >= 4 is 0 Å². The van der Waals surface area contributed by atoms with Crippen molar-refractivity contribution in [2.24, 2.45) is 5.92 Å². The van der Waals surface area contributed by atoms with Gasteiger partial charge in [0.15, 0.2) is 0 Å². The van der Waals surface area contributed by atoms with Crippen molar-refractivity contribution in [3.63, 3.8) is 0 Å². The Hall–Kier alpha value is 2.27. The Morgan fingerprint density at radius 1 is 1.11 bits per heavy atom. The van der Waals surface area contributed by atoms with Crippen LogP contribution < -0.4 is 50.9 Å². The number of halogens is 3. The Kier molecular flexibility index (Phi) is 75.4. The first-order valence-electron chi connectivity index (χ1n) is 1.88. The van der Waals surface area contributed by atoms with Crippen molar-refractivity contribution in [3.8, 4) is 0 Å². The summed E-state index contributed by atoms with van der Waals surface area (Å²) < 4.78 is 0. The fourth-order valence-corrected chi connectivity index (χ4v) is 0. The molecular formula is C4H10Br3HfO-3. The summed E-state index contributed by atoms with van der Waals surface area (Å²) in [6.07, 6.45) is 0. The van der Waals surface area contributed by atoms with E-state index < -0.39 is 0 Å². The van der Waals surface area contributed by atoms with Crippen LogP contribution in [0.3, 0.4) is 0 Å². The molecule has 0 amide bonds. The van der Waals surface area contributed by atoms with E-state index in [1.807, 2.05) is 13.8 Å². The SMILES string of the molecule is CC(C)CO.[Br-].[Br-].[Br-].[Hf]. The van der Waals surface area contributed by atoms with Crippen LogP contribution in [0, 0.1) is 5.92 Å². The molecule has 0 aromatic carbocycles. The van der Waals surface area contributed by atoms with E-state index in [2.05, 4.69) is 0 Å². The van der Waals surface area contributed by atoms with Crippen LogP contribution in [0.25, 0.3) is 0 Å². The van der Waals surface area contributed by atoms with Gasteiger partial charge in [0.25, 0.3) is 0 Å². The summed E-state index contributed by atoms with van der Waals surface area (Å²) in [6, 6.07) is 0. The normalized spacial score (nSPS) is 5.33. The van der Waals surface area contributed by atoms with Crippen molar-refractivity contribution in [2.45, 2.75) is 13.8 Å². The van der Waals surface area contributed by atoms with Gasteiger partial charge < -0.3 is 56.1 Å². The Bertz CT molecular complexity index is 29.8. The third-order valence-corrected chi connectivity index (χ3v) is 0.365. The van der Waals surface area contributed by atoms with Gasteiger partial charge in [-0.2, -0.15) is 0 Å². The van der Waals surface area contributed by atoms with Gasteiger partial charge in [0.2, 0.25) is 0 Å². The zero-order valence-corrected chi connectivity index (χ0v) is 13.7. The third-order valence-electron chi connectivity index (χ3n) is 0.365.